The summed E-state index contributed by atoms with van der Waals surface area (Å²) in [6.07, 6.45) is 9.97. The maximum absolute atomic E-state index is 15.4. The summed E-state index contributed by atoms with van der Waals surface area (Å²) in [5, 5.41) is 6.15. The lowest BCUT2D eigenvalue weighted by Crippen LogP contribution is -2.54. The molecule has 2 N–H and O–H groups in total. The van der Waals surface area contributed by atoms with Crippen molar-refractivity contribution < 1.29 is 33.1 Å². The number of nitrogens with one attached hydrogen (secondary N) is 2. The van der Waals surface area contributed by atoms with Crippen molar-refractivity contribution in [3.63, 3.8) is 0 Å². The zero-order valence-corrected chi connectivity index (χ0v) is 33.5. The minimum absolute atomic E-state index is 0.00690. The van der Waals surface area contributed by atoms with E-state index in [4.69, 9.17) is 11.3 Å². The molecular formula is C44H45FN10O6. The molecule has 0 bridgehead atoms. The highest BCUT2D eigenvalue weighted by molar-refractivity contribution is 6.23. The van der Waals surface area contributed by atoms with E-state index < -0.39 is 35.5 Å². The molecule has 4 aliphatic heterocycles. The van der Waals surface area contributed by atoms with Gasteiger partial charge in [0.25, 0.3) is 17.7 Å². The largest absolute Gasteiger partial charge is 0.490 e. The van der Waals surface area contributed by atoms with E-state index in [9.17, 15) is 24.0 Å². The van der Waals surface area contributed by atoms with Crippen LogP contribution in [0.5, 0.6) is 5.75 Å². The van der Waals surface area contributed by atoms with Gasteiger partial charge >= 0.3 is 0 Å². The first-order chi connectivity index (χ1) is 29.6. The summed E-state index contributed by atoms with van der Waals surface area (Å²) < 4.78 is 21.8. The van der Waals surface area contributed by atoms with E-state index >= 15 is 4.39 Å². The van der Waals surface area contributed by atoms with Gasteiger partial charge in [0.2, 0.25) is 23.5 Å². The van der Waals surface area contributed by atoms with Crippen molar-refractivity contribution in [2.75, 3.05) is 55.6 Å². The average molecular weight is 829 g/mol. The van der Waals surface area contributed by atoms with Crippen molar-refractivity contribution in [2.45, 2.75) is 69.6 Å². The molecule has 1 saturated carbocycles. The van der Waals surface area contributed by atoms with E-state index in [0.29, 0.717) is 54.8 Å². The number of nitrogens with zero attached hydrogens (tertiary/aromatic N) is 8. The Bertz CT molecular complexity index is 2440. The highest BCUT2D eigenvalue weighted by Gasteiger charge is 2.45. The molecule has 0 radical (unpaired) electrons. The molecule has 17 heteroatoms. The Morgan fingerprint density at radius 3 is 2.30 bits per heavy atom. The number of fused-ring (bicyclic) bond motifs is 2. The fourth-order valence-corrected chi connectivity index (χ4v) is 9.27. The van der Waals surface area contributed by atoms with Gasteiger partial charge in [-0.25, -0.2) is 19.2 Å². The molecule has 2 aromatic heterocycles. The smallest absolute Gasteiger partial charge is 0.262 e. The molecule has 3 saturated heterocycles. The van der Waals surface area contributed by atoms with Gasteiger partial charge in [-0.2, -0.15) is 0 Å². The van der Waals surface area contributed by atoms with Crippen LogP contribution in [0, 0.1) is 18.3 Å². The maximum atomic E-state index is 15.4. The normalized spacial score (nSPS) is 22.6. The zero-order chi connectivity index (χ0) is 42.2. The Balaban J connectivity index is 0.709. The number of piperazine rings is 1. The third kappa shape index (κ3) is 8.07. The van der Waals surface area contributed by atoms with Gasteiger partial charge in [0.15, 0.2) is 0 Å². The van der Waals surface area contributed by atoms with E-state index in [2.05, 4.69) is 40.2 Å². The van der Waals surface area contributed by atoms with Crippen LogP contribution in [0.3, 0.4) is 0 Å². The van der Waals surface area contributed by atoms with E-state index in [0.717, 1.165) is 80.3 Å². The van der Waals surface area contributed by atoms with Gasteiger partial charge in [0.1, 0.15) is 17.6 Å². The minimum atomic E-state index is -1.10. The van der Waals surface area contributed by atoms with Crippen LogP contribution in [0.15, 0.2) is 55.0 Å². The lowest BCUT2D eigenvalue weighted by atomic mass is 9.92. The Hall–Kier alpha value is -6.54. The molecule has 1 atom stereocenters. The lowest BCUT2D eigenvalue weighted by molar-refractivity contribution is -0.136. The second-order valence-corrected chi connectivity index (χ2v) is 16.4. The number of carbonyl (C=O) groups excluding carboxylic acids is 5. The van der Waals surface area contributed by atoms with Crippen molar-refractivity contribution in [2.24, 2.45) is 5.92 Å². The molecule has 9 rings (SSSR count). The van der Waals surface area contributed by atoms with Crippen LogP contribution in [0.25, 0.3) is 15.7 Å². The lowest BCUT2D eigenvalue weighted by Gasteiger charge is -2.39. The van der Waals surface area contributed by atoms with Crippen molar-refractivity contribution in [1.29, 1.82) is 0 Å². The van der Waals surface area contributed by atoms with Crippen LogP contribution in [-0.2, 0) is 9.59 Å². The number of carbonyl (C=O) groups is 5. The number of pyridine rings is 1. The Labute approximate surface area is 351 Å². The van der Waals surface area contributed by atoms with Crippen LogP contribution in [0.2, 0.25) is 0 Å². The molecule has 6 heterocycles. The number of aromatic nitrogens is 3. The van der Waals surface area contributed by atoms with Gasteiger partial charge in [-0.1, -0.05) is 6.07 Å². The first kappa shape index (κ1) is 39.9. The topological polar surface area (TPSA) is 175 Å². The summed E-state index contributed by atoms with van der Waals surface area (Å²) in [5.74, 6) is -1.54. The van der Waals surface area contributed by atoms with Crippen molar-refractivity contribution in [3.8, 4) is 5.75 Å². The first-order valence-corrected chi connectivity index (χ1v) is 21.0. The number of hydrogen-bond donors (Lipinski definition) is 2. The van der Waals surface area contributed by atoms with Crippen molar-refractivity contribution in [1.82, 2.24) is 35.4 Å². The number of imide groups is 2. The van der Waals surface area contributed by atoms with Gasteiger partial charge in [-0.15, -0.1) is 0 Å². The molecule has 4 aromatic rings. The summed E-state index contributed by atoms with van der Waals surface area (Å²) in [6.45, 7) is 12.4. The first-order valence-electron chi connectivity index (χ1n) is 21.0. The summed E-state index contributed by atoms with van der Waals surface area (Å²) in [5.41, 5.74) is 1.81. The molecule has 16 nitrogen and oxygen atoms in total. The summed E-state index contributed by atoms with van der Waals surface area (Å²) in [6, 6.07) is 8.78. The SMILES string of the molecule is [C-]#[N+]c1ccc(OC2CCC(NC(=O)c3cnc(N4CCC(CN5CCN(c6cc7c(cc6F)C(=O)N(C6CCC(=O)NC6=O)C7=O)CC5)CC4)nc3)CC2)c2cccnc12. The maximum Gasteiger partial charge on any atom is 0.262 e. The van der Waals surface area contributed by atoms with Gasteiger partial charge in [0.05, 0.1) is 40.6 Å². The average Bonchev–Trinajstić information content (AvgIpc) is 3.51. The van der Waals surface area contributed by atoms with Crippen LogP contribution >= 0.6 is 0 Å². The van der Waals surface area contributed by atoms with Crippen molar-refractivity contribution in [3.05, 3.63) is 88.9 Å². The minimum Gasteiger partial charge on any atom is -0.490 e. The van der Waals surface area contributed by atoms with Crippen LogP contribution in [-0.4, -0.2) is 118 Å². The summed E-state index contributed by atoms with van der Waals surface area (Å²) in [7, 11) is 0. The number of piperidine rings is 2. The fourth-order valence-electron chi connectivity index (χ4n) is 9.27. The molecule has 1 aliphatic carbocycles. The molecule has 5 amide bonds. The number of anilines is 2. The molecule has 314 valence electrons. The van der Waals surface area contributed by atoms with Gasteiger partial charge in [-0.05, 0) is 81.2 Å². The summed E-state index contributed by atoms with van der Waals surface area (Å²) in [4.78, 5) is 87.9. The third-order valence-electron chi connectivity index (χ3n) is 12.7. The molecule has 0 spiro atoms. The van der Waals surface area contributed by atoms with Crippen LogP contribution in [0.1, 0.15) is 82.4 Å². The highest BCUT2D eigenvalue weighted by atomic mass is 19.1. The van der Waals surface area contributed by atoms with Gasteiger partial charge < -0.3 is 19.9 Å². The standard InChI is InChI=1S/C44H45FN10O6/c1-46-34-8-10-37(30-3-2-14-47-39(30)34)61-29-6-4-28(5-7-29)50-40(57)27-23-48-44(49-24-27)54-15-12-26(13-16-54)25-52-17-19-53(20-18-52)36-22-32-31(21-33(36)45)42(59)55(43(32)60)35-9-11-38(56)51-41(35)58/h2-3,8,10,14,21-24,26,28-29,35H,4-7,9,11-13,15-20,25H2,(H,50,57)(H,51,56,58). The second-order valence-electron chi connectivity index (χ2n) is 16.4. The van der Waals surface area contributed by atoms with E-state index in [1.54, 1.807) is 24.7 Å². The Morgan fingerprint density at radius 2 is 1.59 bits per heavy atom. The molecule has 61 heavy (non-hydrogen) atoms. The third-order valence-corrected chi connectivity index (χ3v) is 12.7. The summed E-state index contributed by atoms with van der Waals surface area (Å²) >= 11 is 0. The van der Waals surface area contributed by atoms with Crippen LogP contribution < -0.4 is 25.2 Å². The predicted molar refractivity (Wildman–Crippen MR) is 221 cm³/mol. The second kappa shape index (κ2) is 16.8. The highest BCUT2D eigenvalue weighted by Crippen LogP contribution is 2.35. The quantitative estimate of drug-likeness (QED) is 0.182. The van der Waals surface area contributed by atoms with Gasteiger partial charge in [0, 0.05) is 82.3 Å². The fraction of sp³-hybridized carbons (Fsp3) is 0.432. The van der Waals surface area contributed by atoms with Gasteiger partial charge in [-0.3, -0.25) is 44.1 Å². The number of amides is 5. The Kier molecular flexibility index (Phi) is 11.0. The molecule has 2 aromatic carbocycles. The molecule has 5 aliphatic rings. The Morgan fingerprint density at radius 1 is 0.869 bits per heavy atom. The number of halogens is 1. The monoisotopic (exact) mass is 828 g/mol. The zero-order valence-electron chi connectivity index (χ0n) is 33.5. The van der Waals surface area contributed by atoms with Crippen LogP contribution in [0.4, 0.5) is 21.7 Å². The van der Waals surface area contributed by atoms with Crippen molar-refractivity contribution >= 4 is 57.8 Å². The van der Waals surface area contributed by atoms with E-state index in [1.165, 1.54) is 6.07 Å². The van der Waals surface area contributed by atoms with E-state index in [-0.39, 0.29) is 47.7 Å². The predicted octanol–water partition coefficient (Wildman–Crippen LogP) is 4.27. The molecule has 4 fully saturated rings. The number of hydrogen-bond acceptors (Lipinski definition) is 12. The van der Waals surface area contributed by atoms with E-state index in [1.807, 2.05) is 23.1 Å². The number of rotatable bonds is 9. The number of benzene rings is 2. The number of ether oxygens (including phenoxy) is 1. The molecule has 1 unspecified atom stereocenters. The molecular weight excluding hydrogens is 784 g/mol.